The molecule has 0 aliphatic carbocycles. The number of anilines is 2. The lowest BCUT2D eigenvalue weighted by Crippen LogP contribution is -2.38. The predicted molar refractivity (Wildman–Crippen MR) is 219 cm³/mol. The molecule has 6 aromatic heterocycles. The van der Waals surface area contributed by atoms with Crippen molar-refractivity contribution in [2.24, 2.45) is 0 Å². The van der Waals surface area contributed by atoms with Gasteiger partial charge in [0.1, 0.15) is 6.33 Å². The van der Waals surface area contributed by atoms with Gasteiger partial charge in [0.25, 0.3) is 11.8 Å². The summed E-state index contributed by atoms with van der Waals surface area (Å²) in [6, 6.07) is 16.8. The first-order valence-electron chi connectivity index (χ1n) is 19.1. The monoisotopic (exact) mass is 792 g/mol. The van der Waals surface area contributed by atoms with Crippen LogP contribution in [0, 0.1) is 13.8 Å². The molecule has 0 spiro atoms. The third-order valence-electron chi connectivity index (χ3n) is 10.8. The number of amides is 2. The van der Waals surface area contributed by atoms with Crippen LogP contribution in [0.1, 0.15) is 45.2 Å². The van der Waals surface area contributed by atoms with Crippen LogP contribution in [0.25, 0.3) is 39.0 Å². The van der Waals surface area contributed by atoms with Crippen molar-refractivity contribution in [2.75, 3.05) is 36.0 Å². The molecule has 0 saturated carbocycles. The summed E-state index contributed by atoms with van der Waals surface area (Å²) >= 11 is 6.10. The third kappa shape index (κ3) is 6.60. The zero-order valence-corrected chi connectivity index (χ0v) is 32.4. The predicted octanol–water partition coefficient (Wildman–Crippen LogP) is 4.86. The Morgan fingerprint density at radius 2 is 1.62 bits per heavy atom. The molecule has 0 unspecified atom stereocenters. The first-order valence-corrected chi connectivity index (χ1v) is 19.5. The Bertz CT molecular complexity index is 2900. The normalized spacial score (nSPS) is 16.9. The number of rotatable bonds is 8. The average molecular weight is 793 g/mol. The second-order valence-electron chi connectivity index (χ2n) is 14.9. The Morgan fingerprint density at radius 3 is 2.45 bits per heavy atom. The number of aromatic nitrogens is 10. The van der Waals surface area contributed by atoms with Crippen LogP contribution in [0.15, 0.2) is 91.9 Å². The van der Waals surface area contributed by atoms with Crippen molar-refractivity contribution in [3.05, 3.63) is 120 Å². The van der Waals surface area contributed by atoms with E-state index in [4.69, 9.17) is 21.6 Å². The lowest BCUT2D eigenvalue weighted by Gasteiger charge is -2.19. The van der Waals surface area contributed by atoms with Gasteiger partial charge in [-0.25, -0.2) is 24.6 Å². The maximum atomic E-state index is 13.3. The minimum absolute atomic E-state index is 0.105. The quantitative estimate of drug-likeness (QED) is 0.216. The maximum Gasteiger partial charge on any atom is 0.289 e. The van der Waals surface area contributed by atoms with E-state index in [1.807, 2.05) is 61.1 Å². The second-order valence-corrected chi connectivity index (χ2v) is 15.3. The summed E-state index contributed by atoms with van der Waals surface area (Å²) in [5.41, 5.74) is 7.09. The number of nitrogens with one attached hydrogen (secondary N) is 2. The molecule has 2 aliphatic heterocycles. The van der Waals surface area contributed by atoms with E-state index in [0.717, 1.165) is 57.8 Å². The Morgan fingerprint density at radius 1 is 0.828 bits per heavy atom. The zero-order valence-electron chi connectivity index (χ0n) is 31.6. The summed E-state index contributed by atoms with van der Waals surface area (Å²) < 4.78 is 5.70. The summed E-state index contributed by atoms with van der Waals surface area (Å²) in [7, 11) is 0. The van der Waals surface area contributed by atoms with E-state index < -0.39 is 0 Å². The van der Waals surface area contributed by atoms with Gasteiger partial charge in [0.15, 0.2) is 17.3 Å². The number of aryl methyl sites for hydroxylation is 2. The van der Waals surface area contributed by atoms with Crippen molar-refractivity contribution in [3.63, 3.8) is 0 Å². The molecule has 58 heavy (non-hydrogen) atoms. The van der Waals surface area contributed by atoms with Crippen LogP contribution in [0.2, 0.25) is 5.02 Å². The zero-order chi connectivity index (χ0) is 39.5. The standard InChI is InChI=1S/C41H37ClN14O2/c1-24-5-3-4-6-34(24)56-14-11-32(51-56)40(57)46-29-10-13-53(21-29)38-39-50-44-23-55(39)22-33(49-38)27-16-35-37(45-25(2)18-54(35)19-27)52-12-9-30(20-52)47-41(58)36-43-17-26-15-28(42)7-8-31(26)48-36/h3-8,11,14-19,22-23,29-30H,9-10,12-13,20-21H2,1-2H3,(H,46,57)(H,47,58)/t29-,30-/m0/s1. The van der Waals surface area contributed by atoms with Crippen LogP contribution < -0.4 is 20.4 Å². The topological polar surface area (TPSA) is 169 Å². The van der Waals surface area contributed by atoms with Crippen molar-refractivity contribution >= 4 is 57.1 Å². The Labute approximate surface area is 336 Å². The molecule has 8 aromatic rings. The molecule has 10 rings (SSSR count). The molecule has 2 N–H and O–H groups in total. The summed E-state index contributed by atoms with van der Waals surface area (Å²) in [5.74, 6) is 1.10. The fourth-order valence-electron chi connectivity index (χ4n) is 7.93. The molecule has 2 aromatic carbocycles. The Hall–Kier alpha value is -6.94. The molecule has 2 saturated heterocycles. The number of para-hydroxylation sites is 1. The molecule has 8 heterocycles. The number of nitrogens with zero attached hydrogens (tertiary/aromatic N) is 12. The van der Waals surface area contributed by atoms with Gasteiger partial charge in [-0.05, 0) is 68.7 Å². The lowest BCUT2D eigenvalue weighted by atomic mass is 10.2. The number of benzene rings is 2. The van der Waals surface area contributed by atoms with Crippen molar-refractivity contribution in [2.45, 2.75) is 38.8 Å². The maximum absolute atomic E-state index is 13.3. The van der Waals surface area contributed by atoms with Gasteiger partial charge in [-0.1, -0.05) is 29.8 Å². The highest BCUT2D eigenvalue weighted by molar-refractivity contribution is 6.31. The van der Waals surface area contributed by atoms with Gasteiger partial charge in [0, 0.05) is 85.2 Å². The second kappa shape index (κ2) is 14.2. The van der Waals surface area contributed by atoms with E-state index >= 15 is 0 Å². The molecular formula is C41H37ClN14O2. The minimum atomic E-state index is -0.320. The highest BCUT2D eigenvalue weighted by Gasteiger charge is 2.30. The molecule has 2 amide bonds. The number of carbonyl (C=O) groups is 2. The summed E-state index contributed by atoms with van der Waals surface area (Å²) in [5, 5.41) is 20.8. The van der Waals surface area contributed by atoms with Crippen LogP contribution in [0.3, 0.4) is 0 Å². The highest BCUT2D eigenvalue weighted by Crippen LogP contribution is 2.32. The van der Waals surface area contributed by atoms with Crippen LogP contribution in [-0.2, 0) is 0 Å². The molecule has 2 aliphatic rings. The number of halogens is 1. The third-order valence-corrected chi connectivity index (χ3v) is 11.1. The SMILES string of the molecule is Cc1cn2cc(-c3cn4cnnc4c(N4CC[C@H](NC(=O)c5ccn(-c6ccccc6C)n5)C4)n3)cc2c(N2CC[C@H](NC(=O)c3ncc4cc(Cl)ccc4n3)C2)n1. The van der Waals surface area contributed by atoms with Crippen molar-refractivity contribution < 1.29 is 9.59 Å². The van der Waals surface area contributed by atoms with E-state index in [-0.39, 0.29) is 29.7 Å². The van der Waals surface area contributed by atoms with Crippen molar-refractivity contribution in [1.29, 1.82) is 0 Å². The van der Waals surface area contributed by atoms with Crippen LogP contribution in [0.4, 0.5) is 11.6 Å². The summed E-state index contributed by atoms with van der Waals surface area (Å²) in [6.45, 7) is 6.52. The number of carbonyl (C=O) groups excluding carboxylic acids is 2. The molecule has 0 radical (unpaired) electrons. The number of hydrogen-bond acceptors (Lipinski definition) is 11. The highest BCUT2D eigenvalue weighted by atomic mass is 35.5. The molecule has 290 valence electrons. The molecule has 16 nitrogen and oxygen atoms in total. The fourth-order valence-corrected chi connectivity index (χ4v) is 8.11. The minimum Gasteiger partial charge on any atom is -0.353 e. The molecule has 2 atom stereocenters. The van der Waals surface area contributed by atoms with Gasteiger partial charge in [-0.2, -0.15) is 5.10 Å². The Balaban J connectivity index is 0.858. The first kappa shape index (κ1) is 35.5. The van der Waals surface area contributed by atoms with Crippen molar-refractivity contribution in [1.82, 2.24) is 59.3 Å². The van der Waals surface area contributed by atoms with Crippen molar-refractivity contribution in [3.8, 4) is 16.9 Å². The molecular weight excluding hydrogens is 756 g/mol. The lowest BCUT2D eigenvalue weighted by molar-refractivity contribution is 0.0924. The van der Waals surface area contributed by atoms with Crippen LogP contribution in [0.5, 0.6) is 0 Å². The van der Waals surface area contributed by atoms with E-state index in [9.17, 15) is 9.59 Å². The van der Waals surface area contributed by atoms with Gasteiger partial charge in [-0.15, -0.1) is 10.2 Å². The van der Waals surface area contributed by atoms with Gasteiger partial charge < -0.3 is 24.8 Å². The van der Waals surface area contributed by atoms with E-state index in [1.165, 1.54) is 0 Å². The summed E-state index contributed by atoms with van der Waals surface area (Å²) in [4.78, 5) is 49.7. The van der Waals surface area contributed by atoms with Crippen LogP contribution >= 0.6 is 11.6 Å². The van der Waals surface area contributed by atoms with E-state index in [1.54, 1.807) is 41.5 Å². The number of fused-ring (bicyclic) bond motifs is 3. The van der Waals surface area contributed by atoms with Gasteiger partial charge in [-0.3, -0.25) is 14.0 Å². The van der Waals surface area contributed by atoms with Gasteiger partial charge in [0.05, 0.1) is 28.1 Å². The Kier molecular flexibility index (Phi) is 8.69. The largest absolute Gasteiger partial charge is 0.353 e. The smallest absolute Gasteiger partial charge is 0.289 e. The van der Waals surface area contributed by atoms with Crippen LogP contribution in [-0.4, -0.2) is 98.8 Å². The van der Waals surface area contributed by atoms with Gasteiger partial charge in [0.2, 0.25) is 11.5 Å². The average Bonchev–Trinajstić information content (AvgIpc) is 4.08. The fraction of sp³-hybridized carbons (Fsp3) is 0.244. The molecule has 0 bridgehead atoms. The number of hydrogen-bond donors (Lipinski definition) is 2. The van der Waals surface area contributed by atoms with Gasteiger partial charge >= 0.3 is 0 Å². The van der Waals surface area contributed by atoms with E-state index in [0.29, 0.717) is 53.9 Å². The van der Waals surface area contributed by atoms with E-state index in [2.05, 4.69) is 62.4 Å². The first-order chi connectivity index (χ1) is 28.2. The molecule has 2 fully saturated rings. The summed E-state index contributed by atoms with van der Waals surface area (Å²) in [6.07, 6.45) is 12.6. The molecule has 17 heteroatoms.